The monoisotopic (exact) mass is 458 g/mol. The highest BCUT2D eigenvalue weighted by Gasteiger charge is 2.22. The number of hydrogen-bond acceptors (Lipinski definition) is 5. The molecule has 0 bridgehead atoms. The maximum atomic E-state index is 13.2. The first-order valence-electron chi connectivity index (χ1n) is 11.2. The molecule has 0 saturated carbocycles. The molecular formula is C26H26N4O2S. The Morgan fingerprint density at radius 3 is 2.58 bits per heavy atom. The molecule has 2 aromatic carbocycles. The summed E-state index contributed by atoms with van der Waals surface area (Å²) >= 11 is 1.45. The van der Waals surface area contributed by atoms with Crippen molar-refractivity contribution in [2.45, 2.75) is 20.0 Å². The van der Waals surface area contributed by atoms with Crippen molar-refractivity contribution in [3.05, 3.63) is 87.8 Å². The van der Waals surface area contributed by atoms with Crippen LogP contribution >= 0.6 is 11.3 Å². The van der Waals surface area contributed by atoms with E-state index in [0.717, 1.165) is 30.8 Å². The highest BCUT2D eigenvalue weighted by molar-refractivity contribution is 7.17. The zero-order valence-corrected chi connectivity index (χ0v) is 19.4. The maximum absolute atomic E-state index is 13.2. The topological polar surface area (TPSA) is 58.4 Å². The lowest BCUT2D eigenvalue weighted by Gasteiger charge is -2.35. The second-order valence-corrected chi connectivity index (χ2v) is 9.38. The highest BCUT2D eigenvalue weighted by Crippen LogP contribution is 2.30. The maximum Gasteiger partial charge on any atom is 0.263 e. The molecule has 0 atom stereocenters. The predicted octanol–water partition coefficient (Wildman–Crippen LogP) is 3.78. The number of aromatic nitrogens is 2. The SMILES string of the molecule is Cc1cccc(CN2CCN(C(=O)Cn3cnc4scc(-c5ccccc5)c4c3=O)CC2)c1. The zero-order valence-electron chi connectivity index (χ0n) is 18.6. The molecule has 0 spiro atoms. The number of nitrogens with zero attached hydrogens (tertiary/aromatic N) is 4. The van der Waals surface area contributed by atoms with Crippen LogP contribution < -0.4 is 5.56 Å². The molecule has 1 amide bonds. The number of hydrogen-bond donors (Lipinski definition) is 0. The number of carbonyl (C=O) groups excluding carboxylic acids is 1. The Hall–Kier alpha value is -3.29. The van der Waals surface area contributed by atoms with E-state index in [2.05, 4.69) is 41.1 Å². The summed E-state index contributed by atoms with van der Waals surface area (Å²) < 4.78 is 1.45. The Labute approximate surface area is 196 Å². The van der Waals surface area contributed by atoms with Gasteiger partial charge in [0.05, 0.1) is 11.7 Å². The predicted molar refractivity (Wildman–Crippen MR) is 132 cm³/mol. The first kappa shape index (κ1) is 21.6. The third-order valence-electron chi connectivity index (χ3n) is 6.16. The standard InChI is InChI=1S/C26H26N4O2S/c1-19-6-5-7-20(14-19)15-28-10-12-29(13-11-28)23(31)16-30-18-27-25-24(26(30)32)22(17-33-25)21-8-3-2-4-9-21/h2-9,14,17-18H,10-13,15-16H2,1H3. The zero-order chi connectivity index (χ0) is 22.8. The highest BCUT2D eigenvalue weighted by atomic mass is 32.1. The van der Waals surface area contributed by atoms with Crippen LogP contribution in [0.2, 0.25) is 0 Å². The van der Waals surface area contributed by atoms with Crippen LogP contribution in [0.4, 0.5) is 0 Å². The average Bonchev–Trinajstić information content (AvgIpc) is 3.27. The molecule has 5 rings (SSSR count). The van der Waals surface area contributed by atoms with E-state index in [4.69, 9.17) is 0 Å². The molecule has 0 radical (unpaired) electrons. The van der Waals surface area contributed by atoms with E-state index < -0.39 is 0 Å². The van der Waals surface area contributed by atoms with E-state index in [1.807, 2.05) is 40.6 Å². The third-order valence-corrected chi connectivity index (χ3v) is 7.05. The summed E-state index contributed by atoms with van der Waals surface area (Å²) in [7, 11) is 0. The van der Waals surface area contributed by atoms with E-state index in [9.17, 15) is 9.59 Å². The van der Waals surface area contributed by atoms with Gasteiger partial charge in [0.25, 0.3) is 5.56 Å². The van der Waals surface area contributed by atoms with E-state index >= 15 is 0 Å². The van der Waals surface area contributed by atoms with Crippen molar-refractivity contribution < 1.29 is 4.79 Å². The molecule has 1 saturated heterocycles. The molecular weight excluding hydrogens is 432 g/mol. The van der Waals surface area contributed by atoms with Gasteiger partial charge >= 0.3 is 0 Å². The fourth-order valence-electron chi connectivity index (χ4n) is 4.38. The fraction of sp³-hybridized carbons (Fsp3) is 0.269. The minimum atomic E-state index is -0.161. The average molecular weight is 459 g/mol. The van der Waals surface area contributed by atoms with E-state index in [1.54, 1.807) is 0 Å². The summed E-state index contributed by atoms with van der Waals surface area (Å²) in [6.45, 7) is 6.01. The van der Waals surface area contributed by atoms with Gasteiger partial charge < -0.3 is 4.90 Å². The second-order valence-electron chi connectivity index (χ2n) is 8.52. The van der Waals surface area contributed by atoms with E-state index in [0.29, 0.717) is 23.3 Å². The van der Waals surface area contributed by atoms with Gasteiger partial charge in [-0.1, -0.05) is 60.2 Å². The van der Waals surface area contributed by atoms with Gasteiger partial charge in [0.1, 0.15) is 11.4 Å². The van der Waals surface area contributed by atoms with Crippen molar-refractivity contribution in [2.24, 2.45) is 0 Å². The lowest BCUT2D eigenvalue weighted by molar-refractivity contribution is -0.133. The van der Waals surface area contributed by atoms with Crippen LogP contribution in [0, 0.1) is 6.92 Å². The van der Waals surface area contributed by atoms with Crippen molar-refractivity contribution in [1.29, 1.82) is 0 Å². The van der Waals surface area contributed by atoms with Gasteiger partial charge in [-0.15, -0.1) is 11.3 Å². The van der Waals surface area contributed by atoms with E-state index in [-0.39, 0.29) is 18.0 Å². The number of aryl methyl sites for hydroxylation is 1. The number of amides is 1. The van der Waals surface area contributed by atoms with Crippen LogP contribution in [0.1, 0.15) is 11.1 Å². The van der Waals surface area contributed by atoms with Crippen molar-refractivity contribution in [3.8, 4) is 11.1 Å². The Morgan fingerprint density at radius 2 is 1.82 bits per heavy atom. The van der Waals surface area contributed by atoms with Crippen LogP contribution in [0.25, 0.3) is 21.3 Å². The summed E-state index contributed by atoms with van der Waals surface area (Å²) in [4.78, 5) is 35.6. The van der Waals surface area contributed by atoms with Crippen molar-refractivity contribution in [1.82, 2.24) is 19.4 Å². The number of rotatable bonds is 5. The molecule has 3 heterocycles. The minimum Gasteiger partial charge on any atom is -0.339 e. The summed E-state index contributed by atoms with van der Waals surface area (Å²) in [6.07, 6.45) is 1.50. The van der Waals surface area contributed by atoms with Crippen molar-refractivity contribution >= 4 is 27.5 Å². The van der Waals surface area contributed by atoms with Crippen molar-refractivity contribution in [3.63, 3.8) is 0 Å². The molecule has 0 aliphatic carbocycles. The molecule has 168 valence electrons. The molecule has 1 fully saturated rings. The molecule has 33 heavy (non-hydrogen) atoms. The van der Waals surface area contributed by atoms with Gasteiger partial charge in [-0.25, -0.2) is 4.98 Å². The fourth-order valence-corrected chi connectivity index (χ4v) is 5.29. The van der Waals surface area contributed by atoms with Crippen LogP contribution in [-0.2, 0) is 17.9 Å². The second kappa shape index (κ2) is 9.29. The third kappa shape index (κ3) is 4.60. The summed E-state index contributed by atoms with van der Waals surface area (Å²) in [5, 5.41) is 2.55. The quantitative estimate of drug-likeness (QED) is 0.457. The normalized spacial score (nSPS) is 14.6. The largest absolute Gasteiger partial charge is 0.339 e. The Bertz CT molecular complexity index is 1340. The summed E-state index contributed by atoms with van der Waals surface area (Å²) in [6, 6.07) is 18.4. The van der Waals surface area contributed by atoms with Gasteiger partial charge in [-0.2, -0.15) is 0 Å². The van der Waals surface area contributed by atoms with Crippen LogP contribution in [0.5, 0.6) is 0 Å². The molecule has 0 N–H and O–H groups in total. The van der Waals surface area contributed by atoms with Crippen LogP contribution in [-0.4, -0.2) is 51.4 Å². The number of thiophene rings is 1. The van der Waals surface area contributed by atoms with Gasteiger partial charge in [0, 0.05) is 43.7 Å². The lowest BCUT2D eigenvalue weighted by Crippen LogP contribution is -2.49. The number of carbonyl (C=O) groups is 1. The van der Waals surface area contributed by atoms with Gasteiger partial charge in [-0.05, 0) is 18.1 Å². The molecule has 4 aromatic rings. The summed E-state index contributed by atoms with van der Waals surface area (Å²) in [5.41, 5.74) is 4.26. The van der Waals surface area contributed by atoms with Crippen molar-refractivity contribution in [2.75, 3.05) is 26.2 Å². The number of benzene rings is 2. The Morgan fingerprint density at radius 1 is 1.03 bits per heavy atom. The molecule has 0 unspecified atom stereocenters. The number of piperazine rings is 1. The minimum absolute atomic E-state index is 0.0176. The summed E-state index contributed by atoms with van der Waals surface area (Å²) in [5.74, 6) is -0.0371. The van der Waals surface area contributed by atoms with Crippen LogP contribution in [0.3, 0.4) is 0 Å². The first-order valence-corrected chi connectivity index (χ1v) is 12.0. The molecule has 1 aliphatic heterocycles. The molecule has 7 heteroatoms. The van der Waals surface area contributed by atoms with Gasteiger partial charge in [-0.3, -0.25) is 19.1 Å². The molecule has 2 aromatic heterocycles. The molecule has 6 nitrogen and oxygen atoms in total. The lowest BCUT2D eigenvalue weighted by atomic mass is 10.1. The Kier molecular flexibility index (Phi) is 6.07. The number of fused-ring (bicyclic) bond motifs is 1. The smallest absolute Gasteiger partial charge is 0.263 e. The Balaban J connectivity index is 1.27. The van der Waals surface area contributed by atoms with Crippen LogP contribution in [0.15, 0.2) is 71.1 Å². The van der Waals surface area contributed by atoms with E-state index in [1.165, 1.54) is 33.4 Å². The first-order chi connectivity index (χ1) is 16.1. The van der Waals surface area contributed by atoms with Gasteiger partial charge in [0.15, 0.2) is 0 Å². The van der Waals surface area contributed by atoms with Gasteiger partial charge in [0.2, 0.25) is 5.91 Å². The molecule has 1 aliphatic rings.